The number of amides is 1. The molecule has 106 valence electrons. The van der Waals surface area contributed by atoms with E-state index in [2.05, 4.69) is 10.2 Å². The molecular weight excluding hydrogens is 274 g/mol. The third-order valence-corrected chi connectivity index (χ3v) is 4.57. The second-order valence-electron chi connectivity index (χ2n) is 5.04. The van der Waals surface area contributed by atoms with E-state index in [1.165, 1.54) is 11.3 Å². The van der Waals surface area contributed by atoms with Crippen LogP contribution in [0.2, 0.25) is 0 Å². The standard InChI is InChI=1S/C14H17N3O2S/c1-9-5-12(20-8-9)14(18)17-3-4-19-7-11(17)13-10(2)6-15-16-13/h5-6,8,11H,3-4,7H2,1-2H3,(H,15,16)/t11-/m0/s1. The van der Waals surface area contributed by atoms with Gasteiger partial charge < -0.3 is 9.64 Å². The largest absolute Gasteiger partial charge is 0.377 e. The molecule has 0 bridgehead atoms. The number of nitrogens with one attached hydrogen (secondary N) is 1. The number of rotatable bonds is 2. The second kappa shape index (κ2) is 5.38. The fourth-order valence-electron chi connectivity index (χ4n) is 2.46. The van der Waals surface area contributed by atoms with Crippen molar-refractivity contribution in [2.45, 2.75) is 19.9 Å². The highest BCUT2D eigenvalue weighted by atomic mass is 32.1. The molecule has 20 heavy (non-hydrogen) atoms. The molecule has 2 aromatic rings. The third kappa shape index (κ3) is 2.36. The number of hydrogen-bond acceptors (Lipinski definition) is 4. The van der Waals surface area contributed by atoms with Gasteiger partial charge in [0.05, 0.1) is 36.0 Å². The van der Waals surface area contributed by atoms with Gasteiger partial charge in [0.1, 0.15) is 0 Å². The molecule has 0 unspecified atom stereocenters. The molecule has 1 atom stereocenters. The van der Waals surface area contributed by atoms with Gasteiger partial charge in [-0.1, -0.05) is 0 Å². The van der Waals surface area contributed by atoms with Crippen molar-refractivity contribution in [3.8, 4) is 0 Å². The van der Waals surface area contributed by atoms with Gasteiger partial charge in [-0.15, -0.1) is 11.3 Å². The van der Waals surface area contributed by atoms with E-state index in [4.69, 9.17) is 4.74 Å². The van der Waals surface area contributed by atoms with Crippen LogP contribution in [0, 0.1) is 13.8 Å². The Kier molecular flexibility index (Phi) is 3.58. The Morgan fingerprint density at radius 3 is 3.05 bits per heavy atom. The number of hydrogen-bond donors (Lipinski definition) is 1. The number of H-pyrrole nitrogens is 1. The first-order valence-corrected chi connectivity index (χ1v) is 7.48. The lowest BCUT2D eigenvalue weighted by Crippen LogP contribution is -2.43. The van der Waals surface area contributed by atoms with E-state index >= 15 is 0 Å². The van der Waals surface area contributed by atoms with Gasteiger partial charge in [0.15, 0.2) is 0 Å². The number of morpholine rings is 1. The van der Waals surface area contributed by atoms with Gasteiger partial charge >= 0.3 is 0 Å². The molecule has 1 fully saturated rings. The summed E-state index contributed by atoms with van der Waals surface area (Å²) < 4.78 is 5.54. The quantitative estimate of drug-likeness (QED) is 0.923. The Hall–Kier alpha value is -1.66. The van der Waals surface area contributed by atoms with Crippen LogP contribution in [-0.4, -0.2) is 40.8 Å². The molecule has 3 heterocycles. The molecule has 1 aliphatic rings. The minimum absolute atomic E-state index is 0.0744. The summed E-state index contributed by atoms with van der Waals surface area (Å²) in [6, 6.07) is 1.86. The third-order valence-electron chi connectivity index (χ3n) is 3.53. The van der Waals surface area contributed by atoms with Crippen molar-refractivity contribution in [2.24, 2.45) is 0 Å². The lowest BCUT2D eigenvalue weighted by Gasteiger charge is -2.35. The van der Waals surface area contributed by atoms with E-state index < -0.39 is 0 Å². The van der Waals surface area contributed by atoms with Crippen LogP contribution in [0.15, 0.2) is 17.6 Å². The van der Waals surface area contributed by atoms with E-state index in [0.29, 0.717) is 19.8 Å². The average molecular weight is 291 g/mol. The zero-order chi connectivity index (χ0) is 14.1. The van der Waals surface area contributed by atoms with Gasteiger partial charge in [-0.2, -0.15) is 5.10 Å². The molecule has 5 nitrogen and oxygen atoms in total. The molecule has 1 aliphatic heterocycles. The summed E-state index contributed by atoms with van der Waals surface area (Å²) in [5.41, 5.74) is 3.15. The fraction of sp³-hybridized carbons (Fsp3) is 0.429. The average Bonchev–Trinajstić information content (AvgIpc) is 3.07. The fourth-order valence-corrected chi connectivity index (χ4v) is 3.32. The highest BCUT2D eigenvalue weighted by Gasteiger charge is 2.31. The normalized spacial score (nSPS) is 19.3. The number of carbonyl (C=O) groups excluding carboxylic acids is 1. The minimum Gasteiger partial charge on any atom is -0.377 e. The summed E-state index contributed by atoms with van der Waals surface area (Å²) in [6.07, 6.45) is 1.78. The first-order valence-electron chi connectivity index (χ1n) is 6.60. The molecule has 0 radical (unpaired) electrons. The smallest absolute Gasteiger partial charge is 0.264 e. The summed E-state index contributed by atoms with van der Waals surface area (Å²) in [7, 11) is 0. The van der Waals surface area contributed by atoms with Gasteiger partial charge in [-0.05, 0) is 36.4 Å². The van der Waals surface area contributed by atoms with Crippen molar-refractivity contribution < 1.29 is 9.53 Å². The lowest BCUT2D eigenvalue weighted by atomic mass is 10.1. The topological polar surface area (TPSA) is 58.2 Å². The first kappa shape index (κ1) is 13.3. The van der Waals surface area contributed by atoms with E-state index in [0.717, 1.165) is 21.7 Å². The number of aryl methyl sites for hydroxylation is 2. The highest BCUT2D eigenvalue weighted by Crippen LogP contribution is 2.28. The lowest BCUT2D eigenvalue weighted by molar-refractivity contribution is -0.00381. The summed E-state index contributed by atoms with van der Waals surface area (Å²) in [5.74, 6) is 0.0744. The van der Waals surface area contributed by atoms with Crippen molar-refractivity contribution >= 4 is 17.2 Å². The zero-order valence-electron chi connectivity index (χ0n) is 11.5. The number of aromatic amines is 1. The molecule has 1 N–H and O–H groups in total. The van der Waals surface area contributed by atoms with Gasteiger partial charge in [-0.25, -0.2) is 0 Å². The first-order chi connectivity index (χ1) is 9.66. The summed E-state index contributed by atoms with van der Waals surface area (Å²) in [6.45, 7) is 5.70. The number of ether oxygens (including phenoxy) is 1. The zero-order valence-corrected chi connectivity index (χ0v) is 12.4. The molecule has 0 aliphatic carbocycles. The van der Waals surface area contributed by atoms with Gasteiger partial charge in [0.25, 0.3) is 5.91 Å². The van der Waals surface area contributed by atoms with E-state index in [1.807, 2.05) is 30.2 Å². The molecule has 0 saturated carbocycles. The Balaban J connectivity index is 1.89. The summed E-state index contributed by atoms with van der Waals surface area (Å²) in [5, 5.41) is 9.05. The highest BCUT2D eigenvalue weighted by molar-refractivity contribution is 7.12. The number of nitrogens with zero attached hydrogens (tertiary/aromatic N) is 2. The van der Waals surface area contributed by atoms with Gasteiger partial charge in [0, 0.05) is 6.54 Å². The SMILES string of the molecule is Cc1csc(C(=O)N2CCOC[C@H]2c2[nH]ncc2C)c1. The van der Waals surface area contributed by atoms with E-state index in [9.17, 15) is 4.79 Å². The van der Waals surface area contributed by atoms with Crippen LogP contribution < -0.4 is 0 Å². The Labute approximate surface area is 121 Å². The van der Waals surface area contributed by atoms with Crippen LogP contribution in [0.25, 0.3) is 0 Å². The number of aromatic nitrogens is 2. The predicted octanol–water partition coefficient (Wildman–Crippen LogP) is 2.30. The van der Waals surface area contributed by atoms with Crippen LogP contribution >= 0.6 is 11.3 Å². The van der Waals surface area contributed by atoms with Crippen LogP contribution in [-0.2, 0) is 4.74 Å². The molecular formula is C14H17N3O2S. The Morgan fingerprint density at radius 1 is 1.55 bits per heavy atom. The van der Waals surface area contributed by atoms with Crippen molar-refractivity contribution in [1.82, 2.24) is 15.1 Å². The monoisotopic (exact) mass is 291 g/mol. The van der Waals surface area contributed by atoms with Crippen molar-refractivity contribution in [1.29, 1.82) is 0 Å². The molecule has 2 aromatic heterocycles. The molecule has 6 heteroatoms. The van der Waals surface area contributed by atoms with Crippen LogP contribution in [0.1, 0.15) is 32.5 Å². The van der Waals surface area contributed by atoms with Crippen LogP contribution in [0.4, 0.5) is 0 Å². The maximum atomic E-state index is 12.7. The predicted molar refractivity (Wildman–Crippen MR) is 77.0 cm³/mol. The van der Waals surface area contributed by atoms with E-state index in [1.54, 1.807) is 6.20 Å². The second-order valence-corrected chi connectivity index (χ2v) is 5.96. The van der Waals surface area contributed by atoms with Crippen molar-refractivity contribution in [3.05, 3.63) is 39.3 Å². The Bertz CT molecular complexity index is 619. The van der Waals surface area contributed by atoms with Crippen molar-refractivity contribution in [2.75, 3.05) is 19.8 Å². The maximum Gasteiger partial charge on any atom is 0.264 e. The molecule has 3 rings (SSSR count). The van der Waals surface area contributed by atoms with E-state index in [-0.39, 0.29) is 11.9 Å². The maximum absolute atomic E-state index is 12.7. The molecule has 1 amide bonds. The molecule has 0 aromatic carbocycles. The minimum atomic E-state index is -0.0823. The van der Waals surface area contributed by atoms with Gasteiger partial charge in [0.2, 0.25) is 0 Å². The summed E-state index contributed by atoms with van der Waals surface area (Å²) in [4.78, 5) is 15.3. The summed E-state index contributed by atoms with van der Waals surface area (Å²) >= 11 is 1.50. The molecule has 1 saturated heterocycles. The van der Waals surface area contributed by atoms with Crippen LogP contribution in [0.5, 0.6) is 0 Å². The van der Waals surface area contributed by atoms with Gasteiger partial charge in [-0.3, -0.25) is 9.89 Å². The Morgan fingerprint density at radius 2 is 2.40 bits per heavy atom. The van der Waals surface area contributed by atoms with Crippen molar-refractivity contribution in [3.63, 3.8) is 0 Å². The number of thiophene rings is 1. The van der Waals surface area contributed by atoms with Crippen LogP contribution in [0.3, 0.4) is 0 Å². The molecule has 0 spiro atoms. The number of carbonyl (C=O) groups is 1.